The Kier molecular flexibility index (Phi) is 2.97. The summed E-state index contributed by atoms with van der Waals surface area (Å²) < 4.78 is 5.02. The van der Waals surface area contributed by atoms with E-state index in [0.717, 1.165) is 5.69 Å². The maximum absolute atomic E-state index is 11.2. The maximum atomic E-state index is 11.2. The number of rotatable bonds is 2. The van der Waals surface area contributed by atoms with Crippen LogP contribution in [0.3, 0.4) is 0 Å². The number of H-pyrrole nitrogens is 1. The van der Waals surface area contributed by atoms with E-state index in [4.69, 9.17) is 10.2 Å². The number of nitrogens with one attached hydrogen (secondary N) is 1. The first-order valence-corrected chi connectivity index (χ1v) is 6.80. The summed E-state index contributed by atoms with van der Waals surface area (Å²) in [6.45, 7) is 0. The van der Waals surface area contributed by atoms with E-state index in [1.165, 1.54) is 32.1 Å². The van der Waals surface area contributed by atoms with Gasteiger partial charge in [0.05, 0.1) is 16.9 Å². The lowest BCUT2D eigenvalue weighted by Crippen LogP contribution is -2.33. The highest BCUT2D eigenvalue weighted by atomic mass is 16.4. The molecule has 1 aromatic heterocycles. The van der Waals surface area contributed by atoms with Crippen LogP contribution in [-0.2, 0) is 0 Å². The largest absolute Gasteiger partial charge is 0.417 e. The molecule has 0 unspecified atom stereocenters. The molecule has 19 heavy (non-hydrogen) atoms. The molecule has 2 aromatic rings. The van der Waals surface area contributed by atoms with E-state index < -0.39 is 5.76 Å². The van der Waals surface area contributed by atoms with Gasteiger partial charge in [-0.3, -0.25) is 4.98 Å². The number of nitrogen functional groups attached to an aromatic ring is 1. The monoisotopic (exact) mass is 261 g/mol. The average Bonchev–Trinajstić information content (AvgIpc) is 2.77. The number of oxazole rings is 1. The predicted octanol–water partition coefficient (Wildman–Crippen LogP) is 2.47. The van der Waals surface area contributed by atoms with Crippen LogP contribution in [0.4, 0.5) is 11.4 Å². The van der Waals surface area contributed by atoms with Crippen LogP contribution in [0.15, 0.2) is 21.3 Å². The van der Waals surface area contributed by atoms with E-state index >= 15 is 0 Å². The Bertz CT molecular complexity index is 638. The number of anilines is 2. The van der Waals surface area contributed by atoms with Crippen molar-refractivity contribution in [2.45, 2.75) is 38.1 Å². The van der Waals surface area contributed by atoms with Gasteiger partial charge in [0.2, 0.25) is 0 Å². The van der Waals surface area contributed by atoms with Crippen molar-refractivity contribution in [3.8, 4) is 0 Å². The molecule has 5 heteroatoms. The third-order valence-corrected chi connectivity index (χ3v) is 4.07. The van der Waals surface area contributed by atoms with Crippen LogP contribution in [0.25, 0.3) is 11.1 Å². The molecule has 0 amide bonds. The zero-order valence-electron chi connectivity index (χ0n) is 11.1. The maximum Gasteiger partial charge on any atom is 0.417 e. The minimum Gasteiger partial charge on any atom is -0.408 e. The molecule has 0 spiro atoms. The van der Waals surface area contributed by atoms with Crippen molar-refractivity contribution >= 4 is 22.5 Å². The Balaban J connectivity index is 1.98. The molecule has 3 N–H and O–H groups in total. The summed E-state index contributed by atoms with van der Waals surface area (Å²) in [7, 11) is 2.08. The van der Waals surface area contributed by atoms with Crippen LogP contribution >= 0.6 is 0 Å². The van der Waals surface area contributed by atoms with Gasteiger partial charge in [0.25, 0.3) is 0 Å². The van der Waals surface area contributed by atoms with Crippen LogP contribution in [0.1, 0.15) is 32.1 Å². The van der Waals surface area contributed by atoms with Gasteiger partial charge < -0.3 is 15.1 Å². The number of hydrogen-bond donors (Lipinski definition) is 2. The molecule has 5 nitrogen and oxygen atoms in total. The third kappa shape index (κ3) is 2.20. The summed E-state index contributed by atoms with van der Waals surface area (Å²) in [5.74, 6) is -0.438. The summed E-state index contributed by atoms with van der Waals surface area (Å²) in [6, 6.07) is 4.17. The van der Waals surface area contributed by atoms with Crippen molar-refractivity contribution in [1.29, 1.82) is 0 Å². The van der Waals surface area contributed by atoms with E-state index in [1.807, 2.05) is 6.07 Å². The number of nitrogens with two attached hydrogens (primary N) is 1. The number of aromatic amines is 1. The Morgan fingerprint density at radius 1 is 1.32 bits per heavy atom. The zero-order chi connectivity index (χ0) is 13.4. The lowest BCUT2D eigenvalue weighted by molar-refractivity contribution is 0.428. The minimum absolute atomic E-state index is 0.438. The van der Waals surface area contributed by atoms with Gasteiger partial charge >= 0.3 is 5.76 Å². The number of hydrogen-bond acceptors (Lipinski definition) is 4. The standard InChI is InChI=1S/C14H19N3O2/c1-17(9-5-3-2-4-6-9)12-8-11-13(7-10(12)15)19-14(18)16-11/h7-9H,2-6,15H2,1H3,(H,16,18). The fourth-order valence-electron chi connectivity index (χ4n) is 2.97. The van der Waals surface area contributed by atoms with Gasteiger partial charge in [-0.05, 0) is 18.9 Å². The molecule has 1 aliphatic rings. The number of fused-ring (bicyclic) bond motifs is 1. The van der Waals surface area contributed by atoms with Crippen LogP contribution < -0.4 is 16.4 Å². The molecule has 0 radical (unpaired) electrons. The minimum atomic E-state index is -0.438. The first-order chi connectivity index (χ1) is 9.15. The lowest BCUT2D eigenvalue weighted by atomic mass is 9.94. The highest BCUT2D eigenvalue weighted by Gasteiger charge is 2.20. The van der Waals surface area contributed by atoms with Crippen molar-refractivity contribution in [3.05, 3.63) is 22.7 Å². The smallest absolute Gasteiger partial charge is 0.408 e. The van der Waals surface area contributed by atoms with Crippen molar-refractivity contribution in [2.24, 2.45) is 0 Å². The quantitative estimate of drug-likeness (QED) is 0.814. The summed E-state index contributed by atoms with van der Waals surface area (Å²) in [6.07, 6.45) is 6.29. The van der Waals surface area contributed by atoms with E-state index in [1.54, 1.807) is 6.07 Å². The van der Waals surface area contributed by atoms with Gasteiger partial charge in [-0.25, -0.2) is 4.79 Å². The molecule has 1 aliphatic carbocycles. The van der Waals surface area contributed by atoms with E-state index in [0.29, 0.717) is 22.8 Å². The molecule has 1 aromatic carbocycles. The molecule has 1 saturated carbocycles. The molecule has 1 heterocycles. The average molecular weight is 261 g/mol. The van der Waals surface area contributed by atoms with Crippen molar-refractivity contribution in [3.63, 3.8) is 0 Å². The lowest BCUT2D eigenvalue weighted by Gasteiger charge is -2.33. The molecule has 0 atom stereocenters. The van der Waals surface area contributed by atoms with Crippen molar-refractivity contribution in [1.82, 2.24) is 4.98 Å². The second-order valence-electron chi connectivity index (χ2n) is 5.32. The third-order valence-electron chi connectivity index (χ3n) is 4.07. The van der Waals surface area contributed by atoms with Crippen LogP contribution in [0.5, 0.6) is 0 Å². The molecule has 3 rings (SSSR count). The molecular formula is C14H19N3O2. The Labute approximate surface area is 111 Å². The normalized spacial score (nSPS) is 16.9. The molecular weight excluding hydrogens is 242 g/mol. The highest BCUT2D eigenvalue weighted by Crippen LogP contribution is 2.32. The van der Waals surface area contributed by atoms with Crippen LogP contribution in [0, 0.1) is 0 Å². The summed E-state index contributed by atoms with van der Waals surface area (Å²) in [4.78, 5) is 16.1. The predicted molar refractivity (Wildman–Crippen MR) is 76.5 cm³/mol. The summed E-state index contributed by atoms with van der Waals surface area (Å²) in [5.41, 5.74) is 8.93. The Hall–Kier alpha value is -1.91. The van der Waals surface area contributed by atoms with E-state index in [9.17, 15) is 4.79 Å². The van der Waals surface area contributed by atoms with Gasteiger partial charge in [-0.1, -0.05) is 19.3 Å². The molecule has 0 aliphatic heterocycles. The first-order valence-electron chi connectivity index (χ1n) is 6.80. The number of aromatic nitrogens is 1. The number of benzene rings is 1. The van der Waals surface area contributed by atoms with Gasteiger partial charge in [-0.15, -0.1) is 0 Å². The Morgan fingerprint density at radius 3 is 2.79 bits per heavy atom. The molecule has 102 valence electrons. The van der Waals surface area contributed by atoms with Crippen molar-refractivity contribution in [2.75, 3.05) is 17.7 Å². The SMILES string of the molecule is CN(c1cc2[nH]c(=O)oc2cc1N)C1CCCCC1. The van der Waals surface area contributed by atoms with Crippen molar-refractivity contribution < 1.29 is 4.42 Å². The fourth-order valence-corrected chi connectivity index (χ4v) is 2.97. The topological polar surface area (TPSA) is 75.3 Å². The van der Waals surface area contributed by atoms with Crippen LogP contribution in [0.2, 0.25) is 0 Å². The second-order valence-corrected chi connectivity index (χ2v) is 5.32. The highest BCUT2D eigenvalue weighted by molar-refractivity contribution is 5.85. The van der Waals surface area contributed by atoms with Gasteiger partial charge in [0.15, 0.2) is 5.58 Å². The molecule has 1 fully saturated rings. The first kappa shape index (κ1) is 12.1. The summed E-state index contributed by atoms with van der Waals surface area (Å²) in [5, 5.41) is 0. The second kappa shape index (κ2) is 4.64. The fraction of sp³-hybridized carbons (Fsp3) is 0.500. The van der Waals surface area contributed by atoms with Gasteiger partial charge in [0.1, 0.15) is 0 Å². The van der Waals surface area contributed by atoms with Crippen LogP contribution in [-0.4, -0.2) is 18.1 Å². The summed E-state index contributed by atoms with van der Waals surface area (Å²) >= 11 is 0. The van der Waals surface area contributed by atoms with Gasteiger partial charge in [-0.2, -0.15) is 0 Å². The zero-order valence-corrected chi connectivity index (χ0v) is 11.1. The van der Waals surface area contributed by atoms with E-state index in [2.05, 4.69) is 16.9 Å². The molecule has 0 bridgehead atoms. The number of nitrogens with zero attached hydrogens (tertiary/aromatic N) is 1. The van der Waals surface area contributed by atoms with Gasteiger partial charge in [0, 0.05) is 19.2 Å². The van der Waals surface area contributed by atoms with E-state index in [-0.39, 0.29) is 0 Å². The molecule has 0 saturated heterocycles. The Morgan fingerprint density at radius 2 is 2.05 bits per heavy atom.